The average molecular weight is 306 g/mol. The first-order valence-corrected chi connectivity index (χ1v) is 6.46. The highest BCUT2D eigenvalue weighted by Crippen LogP contribution is 2.30. The third kappa shape index (κ3) is 2.96. The third-order valence-electron chi connectivity index (χ3n) is 3.07. The van der Waals surface area contributed by atoms with Crippen LogP contribution in [0.4, 0.5) is 14.5 Å². The van der Waals surface area contributed by atoms with E-state index in [-0.39, 0.29) is 11.7 Å². The molecule has 17 heavy (non-hydrogen) atoms. The second kappa shape index (κ2) is 5.31. The van der Waals surface area contributed by atoms with Gasteiger partial charge in [0.2, 0.25) is 0 Å². The first kappa shape index (κ1) is 12.8. The minimum absolute atomic E-state index is 0.167. The van der Waals surface area contributed by atoms with Crippen LogP contribution in [0.3, 0.4) is 0 Å². The van der Waals surface area contributed by atoms with E-state index in [4.69, 9.17) is 0 Å². The van der Waals surface area contributed by atoms with Gasteiger partial charge >= 0.3 is 0 Å². The van der Waals surface area contributed by atoms with Crippen LogP contribution in [-0.4, -0.2) is 17.3 Å². The van der Waals surface area contributed by atoms with E-state index in [0.717, 1.165) is 31.7 Å². The molecule has 0 aliphatic heterocycles. The summed E-state index contributed by atoms with van der Waals surface area (Å²) >= 11 is 3.12. The summed E-state index contributed by atoms with van der Waals surface area (Å²) in [6.45, 7) is 0. The molecule has 0 unspecified atom stereocenters. The Balaban J connectivity index is 2.17. The van der Waals surface area contributed by atoms with Crippen molar-refractivity contribution < 1.29 is 13.9 Å². The molecule has 1 aromatic carbocycles. The molecule has 0 spiro atoms. The van der Waals surface area contributed by atoms with Crippen LogP contribution in [0.2, 0.25) is 0 Å². The van der Waals surface area contributed by atoms with Gasteiger partial charge in [-0.1, -0.05) is 12.8 Å². The predicted octanol–water partition coefficient (Wildman–Crippen LogP) is 3.44. The molecular weight excluding hydrogens is 292 g/mol. The van der Waals surface area contributed by atoms with Crippen LogP contribution in [0.25, 0.3) is 0 Å². The Morgan fingerprint density at radius 3 is 2.59 bits per heavy atom. The van der Waals surface area contributed by atoms with Crippen LogP contribution in [0.1, 0.15) is 25.7 Å². The van der Waals surface area contributed by atoms with Crippen molar-refractivity contribution >= 4 is 21.6 Å². The van der Waals surface area contributed by atoms with E-state index < -0.39 is 17.7 Å². The van der Waals surface area contributed by atoms with E-state index in [2.05, 4.69) is 21.2 Å². The lowest BCUT2D eigenvalue weighted by Gasteiger charge is -2.29. The summed E-state index contributed by atoms with van der Waals surface area (Å²) in [6, 6.07) is 1.88. The number of aliphatic hydroxyl groups excluding tert-OH is 1. The minimum atomic E-state index is -0.644. The van der Waals surface area contributed by atoms with E-state index in [9.17, 15) is 13.9 Å². The number of rotatable bonds is 2. The molecule has 5 heteroatoms. The average Bonchev–Trinajstić information content (AvgIpc) is 2.25. The molecule has 94 valence electrons. The zero-order chi connectivity index (χ0) is 12.4. The highest BCUT2D eigenvalue weighted by Gasteiger charge is 2.24. The van der Waals surface area contributed by atoms with Crippen LogP contribution in [-0.2, 0) is 0 Å². The Morgan fingerprint density at radius 2 is 1.94 bits per heavy atom. The largest absolute Gasteiger partial charge is 0.391 e. The molecule has 1 aliphatic rings. The van der Waals surface area contributed by atoms with Crippen molar-refractivity contribution in [2.75, 3.05) is 5.32 Å². The highest BCUT2D eigenvalue weighted by atomic mass is 79.9. The van der Waals surface area contributed by atoms with Crippen molar-refractivity contribution in [3.05, 3.63) is 28.2 Å². The van der Waals surface area contributed by atoms with E-state index in [1.807, 2.05) is 0 Å². The molecule has 1 fully saturated rings. The number of hydrogen-bond acceptors (Lipinski definition) is 2. The fourth-order valence-electron chi connectivity index (χ4n) is 2.15. The summed E-state index contributed by atoms with van der Waals surface area (Å²) in [6.07, 6.45) is 3.05. The van der Waals surface area contributed by atoms with Gasteiger partial charge in [-0.05, 0) is 34.8 Å². The molecule has 1 saturated carbocycles. The van der Waals surface area contributed by atoms with Crippen LogP contribution in [0.15, 0.2) is 16.6 Å². The van der Waals surface area contributed by atoms with E-state index in [1.54, 1.807) is 0 Å². The van der Waals surface area contributed by atoms with Gasteiger partial charge in [0.05, 0.1) is 17.8 Å². The zero-order valence-electron chi connectivity index (χ0n) is 9.22. The second-order valence-corrected chi connectivity index (χ2v) is 5.20. The van der Waals surface area contributed by atoms with Gasteiger partial charge in [0, 0.05) is 10.5 Å². The Hall–Kier alpha value is -0.680. The first-order chi connectivity index (χ1) is 8.08. The number of aliphatic hydroxyl groups is 1. The van der Waals surface area contributed by atoms with Gasteiger partial charge in [0.25, 0.3) is 0 Å². The van der Waals surface area contributed by atoms with Gasteiger partial charge in [-0.2, -0.15) is 0 Å². The standard InChI is InChI=1S/C12H14BrF2NO/c13-8-5-7(14)6-9(15)12(8)16-10-3-1-2-4-11(10)17/h5-6,10-11,16-17H,1-4H2/t10-,11-/m0/s1. The summed E-state index contributed by atoms with van der Waals surface area (Å²) in [5.74, 6) is -1.27. The molecule has 1 aliphatic carbocycles. The second-order valence-electron chi connectivity index (χ2n) is 4.35. The summed E-state index contributed by atoms with van der Waals surface area (Å²) in [5.41, 5.74) is 0.220. The van der Waals surface area contributed by atoms with E-state index in [0.29, 0.717) is 4.47 Å². The fourth-order valence-corrected chi connectivity index (χ4v) is 2.67. The number of nitrogens with one attached hydrogen (secondary N) is 1. The van der Waals surface area contributed by atoms with Crippen molar-refractivity contribution in [3.8, 4) is 0 Å². The smallest absolute Gasteiger partial charge is 0.150 e. The van der Waals surface area contributed by atoms with E-state index in [1.165, 1.54) is 6.07 Å². The Morgan fingerprint density at radius 1 is 1.24 bits per heavy atom. The molecule has 2 nitrogen and oxygen atoms in total. The lowest BCUT2D eigenvalue weighted by atomic mass is 9.92. The van der Waals surface area contributed by atoms with Crippen LogP contribution in [0.5, 0.6) is 0 Å². The number of anilines is 1. The van der Waals surface area contributed by atoms with Gasteiger partial charge in [0.15, 0.2) is 0 Å². The van der Waals surface area contributed by atoms with Gasteiger partial charge in [-0.3, -0.25) is 0 Å². The molecule has 0 heterocycles. The van der Waals surface area contributed by atoms with Crippen molar-refractivity contribution in [1.29, 1.82) is 0 Å². The zero-order valence-corrected chi connectivity index (χ0v) is 10.8. The summed E-state index contributed by atoms with van der Waals surface area (Å²) < 4.78 is 26.8. The molecule has 1 aromatic rings. The molecule has 2 atom stereocenters. The number of hydrogen-bond donors (Lipinski definition) is 2. The number of halogens is 3. The van der Waals surface area contributed by atoms with Gasteiger partial charge in [0.1, 0.15) is 11.6 Å². The van der Waals surface area contributed by atoms with Crippen LogP contribution < -0.4 is 5.32 Å². The van der Waals surface area contributed by atoms with Crippen LogP contribution >= 0.6 is 15.9 Å². The van der Waals surface area contributed by atoms with Crippen molar-refractivity contribution in [2.45, 2.75) is 37.8 Å². The maximum atomic E-state index is 13.6. The summed E-state index contributed by atoms with van der Waals surface area (Å²) in [5, 5.41) is 12.7. The maximum Gasteiger partial charge on any atom is 0.150 e. The van der Waals surface area contributed by atoms with Gasteiger partial charge in [-0.25, -0.2) is 8.78 Å². The Kier molecular flexibility index (Phi) is 3.99. The fraction of sp³-hybridized carbons (Fsp3) is 0.500. The van der Waals surface area contributed by atoms with Crippen molar-refractivity contribution in [3.63, 3.8) is 0 Å². The lowest BCUT2D eigenvalue weighted by molar-refractivity contribution is 0.116. The summed E-state index contributed by atoms with van der Waals surface area (Å²) in [7, 11) is 0. The molecule has 0 saturated heterocycles. The first-order valence-electron chi connectivity index (χ1n) is 5.67. The van der Waals surface area contributed by atoms with Crippen LogP contribution in [0, 0.1) is 11.6 Å². The maximum absolute atomic E-state index is 13.6. The highest BCUT2D eigenvalue weighted by molar-refractivity contribution is 9.10. The van der Waals surface area contributed by atoms with Crippen molar-refractivity contribution in [1.82, 2.24) is 0 Å². The molecule has 0 bridgehead atoms. The normalized spacial score (nSPS) is 24.7. The Bertz CT molecular complexity index is 390. The van der Waals surface area contributed by atoms with E-state index >= 15 is 0 Å². The molecular formula is C12H14BrF2NO. The molecule has 0 aromatic heterocycles. The SMILES string of the molecule is O[C@H]1CCCC[C@@H]1Nc1c(F)cc(F)cc1Br. The topological polar surface area (TPSA) is 32.3 Å². The van der Waals surface area contributed by atoms with Gasteiger partial charge < -0.3 is 10.4 Å². The number of benzene rings is 1. The molecule has 2 rings (SSSR count). The third-order valence-corrected chi connectivity index (χ3v) is 3.69. The lowest BCUT2D eigenvalue weighted by Crippen LogP contribution is -2.36. The van der Waals surface area contributed by atoms with Crippen molar-refractivity contribution in [2.24, 2.45) is 0 Å². The molecule has 0 radical (unpaired) electrons. The van der Waals surface area contributed by atoms with Gasteiger partial charge in [-0.15, -0.1) is 0 Å². The predicted molar refractivity (Wildman–Crippen MR) is 65.9 cm³/mol. The monoisotopic (exact) mass is 305 g/mol. The quantitative estimate of drug-likeness (QED) is 0.877. The summed E-state index contributed by atoms with van der Waals surface area (Å²) in [4.78, 5) is 0. The minimum Gasteiger partial charge on any atom is -0.391 e. The molecule has 0 amide bonds. The Labute approximate surface area is 107 Å². The molecule has 2 N–H and O–H groups in total.